The Labute approximate surface area is 141 Å². The summed E-state index contributed by atoms with van der Waals surface area (Å²) in [7, 11) is 0. The number of aliphatic hydroxyl groups is 1. The third kappa shape index (κ3) is 4.95. The minimum absolute atomic E-state index is 0.0443. The van der Waals surface area contributed by atoms with Crippen LogP contribution in [0.15, 0.2) is 24.3 Å². The van der Waals surface area contributed by atoms with Gasteiger partial charge in [-0.15, -0.1) is 0 Å². The Bertz CT molecular complexity index is 485. The van der Waals surface area contributed by atoms with E-state index in [1.807, 2.05) is 18.2 Å². The first-order valence-corrected chi connectivity index (χ1v) is 9.05. The SMILES string of the molecule is C[C@@H]1CCC[C@@H](C)[NH+]1C[C@H](O)COc1ccccc1C(C)(C)C. The second kappa shape index (κ2) is 7.67. The lowest BCUT2D eigenvalue weighted by Gasteiger charge is -2.36. The monoisotopic (exact) mass is 320 g/mol. The molecule has 0 spiro atoms. The van der Waals surface area contributed by atoms with E-state index in [1.54, 1.807) is 0 Å². The van der Waals surface area contributed by atoms with E-state index in [1.165, 1.54) is 29.7 Å². The highest BCUT2D eigenvalue weighted by Crippen LogP contribution is 2.30. The van der Waals surface area contributed by atoms with Crippen LogP contribution in [0.25, 0.3) is 0 Å². The van der Waals surface area contributed by atoms with Crippen molar-refractivity contribution in [1.82, 2.24) is 0 Å². The second-order valence-electron chi connectivity index (χ2n) is 8.22. The molecule has 0 unspecified atom stereocenters. The molecule has 1 aromatic rings. The number of ether oxygens (including phenoxy) is 1. The Balaban J connectivity index is 1.93. The lowest BCUT2D eigenvalue weighted by Crippen LogP contribution is -3.20. The molecule has 1 aliphatic rings. The minimum Gasteiger partial charge on any atom is -0.490 e. The summed E-state index contributed by atoms with van der Waals surface area (Å²) in [6, 6.07) is 9.43. The first kappa shape index (κ1) is 18.3. The number of para-hydroxylation sites is 1. The number of aliphatic hydroxyl groups excluding tert-OH is 1. The molecule has 1 saturated heterocycles. The van der Waals surface area contributed by atoms with Gasteiger partial charge in [-0.2, -0.15) is 0 Å². The largest absolute Gasteiger partial charge is 0.490 e. The van der Waals surface area contributed by atoms with Crippen LogP contribution in [0.5, 0.6) is 5.75 Å². The first-order chi connectivity index (χ1) is 10.8. The van der Waals surface area contributed by atoms with Crippen molar-refractivity contribution in [3.63, 3.8) is 0 Å². The summed E-state index contributed by atoms with van der Waals surface area (Å²) >= 11 is 0. The van der Waals surface area contributed by atoms with Crippen molar-refractivity contribution in [2.45, 2.75) is 77.5 Å². The second-order valence-corrected chi connectivity index (χ2v) is 8.22. The summed E-state index contributed by atoms with van der Waals surface area (Å²) in [4.78, 5) is 1.52. The van der Waals surface area contributed by atoms with E-state index in [4.69, 9.17) is 4.74 Å². The molecule has 3 nitrogen and oxygen atoms in total. The molecule has 0 bridgehead atoms. The maximum Gasteiger partial charge on any atom is 0.137 e. The molecule has 0 radical (unpaired) electrons. The molecule has 0 saturated carbocycles. The number of benzene rings is 1. The highest BCUT2D eigenvalue weighted by molar-refractivity contribution is 5.38. The molecule has 2 N–H and O–H groups in total. The van der Waals surface area contributed by atoms with Crippen LogP contribution in [-0.4, -0.2) is 36.4 Å². The fourth-order valence-electron chi connectivity index (χ4n) is 3.72. The minimum atomic E-state index is -0.416. The molecule has 0 aromatic heterocycles. The molecule has 1 aromatic carbocycles. The zero-order valence-corrected chi connectivity index (χ0v) is 15.4. The van der Waals surface area contributed by atoms with Crippen molar-refractivity contribution in [1.29, 1.82) is 0 Å². The van der Waals surface area contributed by atoms with Gasteiger partial charge in [0.1, 0.15) is 25.0 Å². The van der Waals surface area contributed by atoms with Crippen LogP contribution in [0.3, 0.4) is 0 Å². The van der Waals surface area contributed by atoms with Gasteiger partial charge in [-0.3, -0.25) is 0 Å². The van der Waals surface area contributed by atoms with Gasteiger partial charge in [0.05, 0.1) is 12.1 Å². The Morgan fingerprint density at radius 1 is 1.17 bits per heavy atom. The van der Waals surface area contributed by atoms with Gasteiger partial charge in [0.25, 0.3) is 0 Å². The molecule has 0 amide bonds. The lowest BCUT2D eigenvalue weighted by molar-refractivity contribution is -0.954. The van der Waals surface area contributed by atoms with Gasteiger partial charge in [-0.25, -0.2) is 0 Å². The van der Waals surface area contributed by atoms with Gasteiger partial charge in [0, 0.05) is 0 Å². The van der Waals surface area contributed by atoms with E-state index in [0.29, 0.717) is 18.7 Å². The van der Waals surface area contributed by atoms with Crippen molar-refractivity contribution in [3.05, 3.63) is 29.8 Å². The van der Waals surface area contributed by atoms with Crippen molar-refractivity contribution in [3.8, 4) is 5.75 Å². The van der Waals surface area contributed by atoms with Crippen LogP contribution in [0.1, 0.15) is 59.4 Å². The average molecular weight is 320 g/mol. The van der Waals surface area contributed by atoms with Gasteiger partial charge < -0.3 is 14.7 Å². The van der Waals surface area contributed by atoms with E-state index in [9.17, 15) is 5.11 Å². The van der Waals surface area contributed by atoms with Crippen LogP contribution in [0.2, 0.25) is 0 Å². The number of rotatable bonds is 5. The Morgan fingerprint density at radius 3 is 2.39 bits per heavy atom. The van der Waals surface area contributed by atoms with Crippen molar-refractivity contribution >= 4 is 0 Å². The highest BCUT2D eigenvalue weighted by Gasteiger charge is 2.30. The van der Waals surface area contributed by atoms with E-state index < -0.39 is 6.10 Å². The van der Waals surface area contributed by atoms with Crippen LogP contribution in [0.4, 0.5) is 0 Å². The maximum absolute atomic E-state index is 10.4. The number of hydrogen-bond donors (Lipinski definition) is 2. The third-order valence-electron chi connectivity index (χ3n) is 5.14. The number of nitrogens with one attached hydrogen (secondary N) is 1. The van der Waals surface area contributed by atoms with E-state index in [2.05, 4.69) is 40.7 Å². The van der Waals surface area contributed by atoms with Crippen molar-refractivity contribution < 1.29 is 14.7 Å². The number of likely N-dealkylation sites (tertiary alicyclic amines) is 1. The number of quaternary nitrogens is 1. The van der Waals surface area contributed by atoms with Crippen molar-refractivity contribution in [2.75, 3.05) is 13.2 Å². The zero-order chi connectivity index (χ0) is 17.0. The summed E-state index contributed by atoms with van der Waals surface area (Å²) in [5, 5.41) is 10.4. The molecule has 1 fully saturated rings. The molecule has 0 aliphatic carbocycles. The number of hydrogen-bond acceptors (Lipinski definition) is 2. The maximum atomic E-state index is 10.4. The average Bonchev–Trinajstić information content (AvgIpc) is 2.48. The van der Waals surface area contributed by atoms with Crippen molar-refractivity contribution in [2.24, 2.45) is 0 Å². The smallest absolute Gasteiger partial charge is 0.137 e. The topological polar surface area (TPSA) is 33.9 Å². The predicted octanol–water partition coefficient (Wildman–Crippen LogP) is 2.57. The van der Waals surface area contributed by atoms with Gasteiger partial charge >= 0.3 is 0 Å². The zero-order valence-electron chi connectivity index (χ0n) is 15.4. The molecule has 3 atom stereocenters. The molecule has 2 rings (SSSR count). The van der Waals surface area contributed by atoms with E-state index >= 15 is 0 Å². The van der Waals surface area contributed by atoms with Gasteiger partial charge in [0.15, 0.2) is 0 Å². The summed E-state index contributed by atoms with van der Waals surface area (Å²) in [5.74, 6) is 0.897. The van der Waals surface area contributed by atoms with E-state index in [0.717, 1.165) is 12.3 Å². The summed E-state index contributed by atoms with van der Waals surface area (Å²) in [6.07, 6.45) is 3.43. The van der Waals surface area contributed by atoms with Gasteiger partial charge in [-0.1, -0.05) is 39.0 Å². The Hall–Kier alpha value is -1.06. The van der Waals surface area contributed by atoms with Crippen LogP contribution in [0, 0.1) is 0 Å². The number of piperidine rings is 1. The molecule has 3 heteroatoms. The standard InChI is InChI=1S/C20H33NO2/c1-15-9-8-10-16(2)21(15)13-17(22)14-23-19-12-7-6-11-18(19)20(3,4)5/h6-7,11-12,15-17,22H,8-10,13-14H2,1-5H3/p+1/t15-,16-,17+/m1/s1. The van der Waals surface area contributed by atoms with Crippen LogP contribution in [-0.2, 0) is 5.41 Å². The van der Waals surface area contributed by atoms with Crippen LogP contribution < -0.4 is 9.64 Å². The molecular formula is C20H34NO2+. The quantitative estimate of drug-likeness (QED) is 0.874. The van der Waals surface area contributed by atoms with Crippen LogP contribution >= 0.6 is 0 Å². The first-order valence-electron chi connectivity index (χ1n) is 9.05. The fraction of sp³-hybridized carbons (Fsp3) is 0.700. The molecule has 130 valence electrons. The summed E-state index contributed by atoms with van der Waals surface area (Å²) < 4.78 is 5.97. The normalized spacial score (nSPS) is 24.4. The Morgan fingerprint density at radius 2 is 1.78 bits per heavy atom. The molecular weight excluding hydrogens is 286 g/mol. The predicted molar refractivity (Wildman–Crippen MR) is 95.2 cm³/mol. The lowest BCUT2D eigenvalue weighted by atomic mass is 9.86. The summed E-state index contributed by atoms with van der Waals surface area (Å²) in [5.41, 5.74) is 1.24. The summed E-state index contributed by atoms with van der Waals surface area (Å²) in [6.45, 7) is 12.3. The molecule has 1 aliphatic heterocycles. The van der Waals surface area contributed by atoms with Gasteiger partial charge in [0.2, 0.25) is 0 Å². The third-order valence-corrected chi connectivity index (χ3v) is 5.14. The fourth-order valence-corrected chi connectivity index (χ4v) is 3.72. The van der Waals surface area contributed by atoms with Gasteiger partial charge in [-0.05, 0) is 50.2 Å². The van der Waals surface area contributed by atoms with E-state index in [-0.39, 0.29) is 5.41 Å². The molecule has 23 heavy (non-hydrogen) atoms. The highest BCUT2D eigenvalue weighted by atomic mass is 16.5. The Kier molecular flexibility index (Phi) is 6.10. The molecule has 1 heterocycles.